The van der Waals surface area contributed by atoms with Crippen LogP contribution in [-0.4, -0.2) is 11.9 Å². The van der Waals surface area contributed by atoms with Gasteiger partial charge in [-0.1, -0.05) is 30.3 Å². The van der Waals surface area contributed by atoms with Crippen LogP contribution in [0.25, 0.3) is 0 Å². The number of hydrogen-bond acceptors (Lipinski definition) is 1. The maximum atomic E-state index is 11.1. The highest BCUT2D eigenvalue weighted by molar-refractivity contribution is 5.85. The summed E-state index contributed by atoms with van der Waals surface area (Å²) in [6.07, 6.45) is 0.869. The quantitative estimate of drug-likeness (QED) is 0.676. The van der Waals surface area contributed by atoms with Crippen molar-refractivity contribution in [3.05, 3.63) is 35.9 Å². The molecule has 0 bridgehead atoms. The number of amides is 1. The van der Waals surface area contributed by atoms with Gasteiger partial charge in [0.1, 0.15) is 0 Å². The first kappa shape index (κ1) is 8.30. The molecule has 1 aromatic carbocycles. The third kappa shape index (κ3) is 1.57. The summed E-state index contributed by atoms with van der Waals surface area (Å²) in [5, 5.41) is 2.84. The van der Waals surface area contributed by atoms with E-state index in [4.69, 9.17) is 0 Å². The Bertz CT molecular complexity index is 307. The van der Waals surface area contributed by atoms with Gasteiger partial charge in [-0.2, -0.15) is 0 Å². The second-order valence-corrected chi connectivity index (χ2v) is 3.59. The van der Waals surface area contributed by atoms with E-state index in [9.17, 15) is 4.79 Å². The Labute approximate surface area is 78.0 Å². The van der Waals surface area contributed by atoms with Crippen molar-refractivity contribution in [1.82, 2.24) is 5.32 Å². The molecule has 13 heavy (non-hydrogen) atoms. The zero-order valence-corrected chi connectivity index (χ0v) is 7.66. The van der Waals surface area contributed by atoms with Gasteiger partial charge in [-0.15, -0.1) is 0 Å². The molecule has 0 spiro atoms. The average molecular weight is 175 g/mol. The van der Waals surface area contributed by atoms with Crippen LogP contribution in [0.3, 0.4) is 0 Å². The van der Waals surface area contributed by atoms with Gasteiger partial charge in [-0.05, 0) is 18.9 Å². The van der Waals surface area contributed by atoms with Gasteiger partial charge in [0.15, 0.2) is 0 Å². The normalized spacial score (nSPS) is 26.4. The van der Waals surface area contributed by atoms with E-state index < -0.39 is 0 Å². The Morgan fingerprint density at radius 3 is 2.54 bits per heavy atom. The van der Waals surface area contributed by atoms with Crippen LogP contribution < -0.4 is 5.32 Å². The molecule has 1 amide bonds. The van der Waals surface area contributed by atoms with Crippen molar-refractivity contribution in [1.29, 1.82) is 0 Å². The van der Waals surface area contributed by atoms with Gasteiger partial charge in [0, 0.05) is 6.04 Å². The summed E-state index contributed by atoms with van der Waals surface area (Å²) in [5.41, 5.74) is 1.24. The molecule has 0 aliphatic carbocycles. The van der Waals surface area contributed by atoms with E-state index in [0.717, 1.165) is 6.42 Å². The average Bonchev–Trinajstić information content (AvgIpc) is 2.16. The van der Waals surface area contributed by atoms with Gasteiger partial charge >= 0.3 is 0 Å². The summed E-state index contributed by atoms with van der Waals surface area (Å²) in [5.74, 6) is 0.374. The van der Waals surface area contributed by atoms with Gasteiger partial charge < -0.3 is 5.32 Å². The van der Waals surface area contributed by atoms with E-state index in [1.807, 2.05) is 18.2 Å². The molecule has 2 rings (SSSR count). The standard InChI is InChI=1S/C11H13NO/c1-8-10(11(13)12-8)7-9-5-3-2-4-6-9/h2-6,8,10H,7H2,1H3,(H,12,13). The van der Waals surface area contributed by atoms with E-state index in [1.165, 1.54) is 5.56 Å². The van der Waals surface area contributed by atoms with Crippen molar-refractivity contribution >= 4 is 5.91 Å². The molecule has 1 aliphatic rings. The lowest BCUT2D eigenvalue weighted by molar-refractivity contribution is -0.134. The van der Waals surface area contributed by atoms with Crippen LogP contribution in [0.2, 0.25) is 0 Å². The van der Waals surface area contributed by atoms with E-state index >= 15 is 0 Å². The summed E-state index contributed by atoms with van der Waals surface area (Å²) in [7, 11) is 0. The number of benzene rings is 1. The van der Waals surface area contributed by atoms with Gasteiger partial charge in [-0.25, -0.2) is 0 Å². The number of β-lactam (4-membered cyclic amide) rings is 1. The molecule has 1 N–H and O–H groups in total. The highest BCUT2D eigenvalue weighted by Crippen LogP contribution is 2.19. The first-order valence-electron chi connectivity index (χ1n) is 4.61. The maximum Gasteiger partial charge on any atom is 0.225 e. The highest BCUT2D eigenvalue weighted by Gasteiger charge is 2.35. The zero-order valence-electron chi connectivity index (χ0n) is 7.66. The Kier molecular flexibility index (Phi) is 2.05. The van der Waals surface area contributed by atoms with E-state index in [-0.39, 0.29) is 11.8 Å². The van der Waals surface area contributed by atoms with Crippen molar-refractivity contribution < 1.29 is 4.79 Å². The molecular formula is C11H13NO. The molecule has 0 aromatic heterocycles. The van der Waals surface area contributed by atoms with E-state index in [0.29, 0.717) is 6.04 Å². The molecule has 2 nitrogen and oxygen atoms in total. The van der Waals surface area contributed by atoms with Crippen LogP contribution >= 0.6 is 0 Å². The molecule has 1 heterocycles. The lowest BCUT2D eigenvalue weighted by atomic mass is 9.86. The fourth-order valence-electron chi connectivity index (χ4n) is 1.70. The summed E-state index contributed by atoms with van der Waals surface area (Å²) in [6.45, 7) is 2.05. The first-order valence-corrected chi connectivity index (χ1v) is 4.61. The van der Waals surface area contributed by atoms with Crippen molar-refractivity contribution in [3.63, 3.8) is 0 Å². The first-order chi connectivity index (χ1) is 6.27. The highest BCUT2D eigenvalue weighted by atomic mass is 16.2. The Hall–Kier alpha value is -1.31. The van der Waals surface area contributed by atoms with E-state index in [1.54, 1.807) is 0 Å². The Morgan fingerprint density at radius 2 is 2.00 bits per heavy atom. The summed E-state index contributed by atoms with van der Waals surface area (Å²) in [4.78, 5) is 11.1. The van der Waals surface area contributed by atoms with Crippen LogP contribution in [0.4, 0.5) is 0 Å². The minimum atomic E-state index is 0.183. The molecule has 1 saturated heterocycles. The van der Waals surface area contributed by atoms with Gasteiger partial charge in [0.25, 0.3) is 0 Å². The molecule has 2 unspecified atom stereocenters. The third-order valence-corrected chi connectivity index (χ3v) is 2.61. The van der Waals surface area contributed by atoms with Gasteiger partial charge in [-0.3, -0.25) is 4.79 Å². The van der Waals surface area contributed by atoms with E-state index in [2.05, 4.69) is 24.4 Å². The monoisotopic (exact) mass is 175 g/mol. The third-order valence-electron chi connectivity index (χ3n) is 2.61. The van der Waals surface area contributed by atoms with Crippen molar-refractivity contribution in [2.45, 2.75) is 19.4 Å². The predicted molar refractivity (Wildman–Crippen MR) is 51.2 cm³/mol. The van der Waals surface area contributed by atoms with Crippen LogP contribution in [0.1, 0.15) is 12.5 Å². The lowest BCUT2D eigenvalue weighted by Gasteiger charge is -2.34. The number of carbonyl (C=O) groups is 1. The van der Waals surface area contributed by atoms with Crippen molar-refractivity contribution in [2.24, 2.45) is 5.92 Å². The number of carbonyl (C=O) groups excluding carboxylic acids is 1. The van der Waals surface area contributed by atoms with Crippen LogP contribution in [0, 0.1) is 5.92 Å². The molecule has 0 radical (unpaired) electrons. The largest absolute Gasteiger partial charge is 0.353 e. The SMILES string of the molecule is CC1NC(=O)C1Cc1ccccc1. The van der Waals surface area contributed by atoms with Gasteiger partial charge in [0.2, 0.25) is 5.91 Å². The lowest BCUT2D eigenvalue weighted by Crippen LogP contribution is -2.57. The number of rotatable bonds is 2. The van der Waals surface area contributed by atoms with Crippen LogP contribution in [-0.2, 0) is 11.2 Å². The van der Waals surface area contributed by atoms with Crippen molar-refractivity contribution in [3.8, 4) is 0 Å². The molecule has 1 aromatic rings. The summed E-state index contributed by atoms with van der Waals surface area (Å²) in [6, 6.07) is 10.5. The predicted octanol–water partition coefficient (Wildman–Crippen LogP) is 1.36. The number of hydrogen-bond donors (Lipinski definition) is 1. The van der Waals surface area contributed by atoms with Crippen LogP contribution in [0.5, 0.6) is 0 Å². The topological polar surface area (TPSA) is 29.1 Å². The van der Waals surface area contributed by atoms with Crippen LogP contribution in [0.15, 0.2) is 30.3 Å². The number of nitrogens with one attached hydrogen (secondary N) is 1. The molecule has 1 fully saturated rings. The molecule has 1 aliphatic heterocycles. The second kappa shape index (κ2) is 3.21. The second-order valence-electron chi connectivity index (χ2n) is 3.59. The summed E-state index contributed by atoms with van der Waals surface area (Å²) >= 11 is 0. The molecule has 2 atom stereocenters. The Morgan fingerprint density at radius 1 is 1.31 bits per heavy atom. The zero-order chi connectivity index (χ0) is 9.26. The minimum absolute atomic E-state index is 0.183. The molecule has 0 saturated carbocycles. The molecular weight excluding hydrogens is 162 g/mol. The maximum absolute atomic E-state index is 11.1. The van der Waals surface area contributed by atoms with Crippen molar-refractivity contribution in [2.75, 3.05) is 0 Å². The molecule has 68 valence electrons. The fraction of sp³-hybridized carbons (Fsp3) is 0.364. The summed E-state index contributed by atoms with van der Waals surface area (Å²) < 4.78 is 0. The smallest absolute Gasteiger partial charge is 0.225 e. The van der Waals surface area contributed by atoms with Gasteiger partial charge in [0.05, 0.1) is 5.92 Å². The Balaban J connectivity index is 2.02. The fourth-order valence-corrected chi connectivity index (χ4v) is 1.70. The molecule has 2 heteroatoms. The minimum Gasteiger partial charge on any atom is -0.353 e.